The molecule has 1 saturated carbocycles. The summed E-state index contributed by atoms with van der Waals surface area (Å²) in [6.45, 7) is 1.60. The molecule has 1 aliphatic heterocycles. The number of ether oxygens (including phenoxy) is 1. The van der Waals surface area contributed by atoms with Gasteiger partial charge in [-0.2, -0.15) is 13.2 Å². The van der Waals surface area contributed by atoms with E-state index in [-0.39, 0.29) is 12.5 Å². The number of rotatable bonds is 5. The van der Waals surface area contributed by atoms with Gasteiger partial charge in [-0.05, 0) is 37.3 Å². The van der Waals surface area contributed by atoms with Crippen molar-refractivity contribution >= 4 is 5.91 Å². The van der Waals surface area contributed by atoms with Crippen LogP contribution < -0.4 is 11.1 Å². The largest absolute Gasteiger partial charge is 0.416 e. The van der Waals surface area contributed by atoms with Crippen LogP contribution in [0.3, 0.4) is 0 Å². The van der Waals surface area contributed by atoms with Crippen LogP contribution in [0.1, 0.15) is 43.2 Å². The first-order valence-corrected chi connectivity index (χ1v) is 9.05. The van der Waals surface area contributed by atoms with Crippen molar-refractivity contribution in [3.8, 4) is 0 Å². The van der Waals surface area contributed by atoms with Crippen molar-refractivity contribution in [2.75, 3.05) is 26.3 Å². The first-order chi connectivity index (χ1) is 12.3. The highest BCUT2D eigenvalue weighted by Gasteiger charge is 2.43. The zero-order valence-electron chi connectivity index (χ0n) is 14.7. The molecule has 0 spiro atoms. The third-order valence-electron chi connectivity index (χ3n) is 6.02. The molecule has 0 unspecified atom stereocenters. The normalized spacial score (nSPS) is 21.7. The van der Waals surface area contributed by atoms with E-state index in [4.69, 9.17) is 10.5 Å². The van der Waals surface area contributed by atoms with Gasteiger partial charge in [0.1, 0.15) is 0 Å². The Labute approximate surface area is 151 Å². The molecule has 1 aliphatic carbocycles. The highest BCUT2D eigenvalue weighted by atomic mass is 19.4. The van der Waals surface area contributed by atoms with Gasteiger partial charge >= 0.3 is 6.18 Å². The molecule has 2 aliphatic rings. The van der Waals surface area contributed by atoms with E-state index in [1.807, 2.05) is 0 Å². The number of carbonyl (C=O) groups is 1. The summed E-state index contributed by atoms with van der Waals surface area (Å²) in [5.74, 6) is -0.110. The van der Waals surface area contributed by atoms with Gasteiger partial charge in [0.25, 0.3) is 0 Å². The summed E-state index contributed by atoms with van der Waals surface area (Å²) in [5, 5.41) is 2.99. The van der Waals surface area contributed by atoms with Crippen LogP contribution in [0.15, 0.2) is 24.3 Å². The van der Waals surface area contributed by atoms with Crippen molar-refractivity contribution in [1.29, 1.82) is 0 Å². The van der Waals surface area contributed by atoms with Crippen LogP contribution in [0.5, 0.6) is 0 Å². The van der Waals surface area contributed by atoms with Crippen LogP contribution in [-0.4, -0.2) is 32.2 Å². The number of alkyl halides is 3. The van der Waals surface area contributed by atoms with E-state index in [2.05, 4.69) is 5.32 Å². The zero-order valence-corrected chi connectivity index (χ0v) is 14.7. The average Bonchev–Trinajstić information content (AvgIpc) is 2.60. The maximum absolute atomic E-state index is 13.0. The maximum Gasteiger partial charge on any atom is 0.416 e. The van der Waals surface area contributed by atoms with Gasteiger partial charge in [-0.15, -0.1) is 0 Å². The molecule has 0 aromatic heterocycles. The number of nitrogens with two attached hydrogens (primary N) is 1. The molecule has 26 heavy (non-hydrogen) atoms. The van der Waals surface area contributed by atoms with Gasteiger partial charge in [-0.1, -0.05) is 24.6 Å². The van der Waals surface area contributed by atoms with Crippen molar-refractivity contribution < 1.29 is 22.7 Å². The number of benzene rings is 1. The summed E-state index contributed by atoms with van der Waals surface area (Å²) < 4.78 is 44.4. The second-order valence-corrected chi connectivity index (χ2v) is 7.49. The number of hydrogen-bond donors (Lipinski definition) is 2. The van der Waals surface area contributed by atoms with Gasteiger partial charge in [-0.3, -0.25) is 4.79 Å². The molecule has 2 fully saturated rings. The smallest absolute Gasteiger partial charge is 0.381 e. The van der Waals surface area contributed by atoms with E-state index in [1.54, 1.807) is 6.07 Å². The first kappa shape index (κ1) is 19.2. The van der Waals surface area contributed by atoms with Crippen molar-refractivity contribution in [3.05, 3.63) is 35.4 Å². The molecule has 1 amide bonds. The van der Waals surface area contributed by atoms with E-state index >= 15 is 0 Å². The lowest BCUT2D eigenvalue weighted by atomic mass is 9.64. The molecule has 1 aromatic rings. The SMILES string of the molecule is NCC1(C(=O)NCC2(c3cccc(C(F)(F)F)c3)CCC2)CCOCC1. The van der Waals surface area contributed by atoms with E-state index in [0.717, 1.165) is 25.3 Å². The second kappa shape index (κ2) is 7.19. The molecular weight excluding hydrogens is 345 g/mol. The van der Waals surface area contributed by atoms with Gasteiger partial charge in [0, 0.05) is 31.7 Å². The number of nitrogens with one attached hydrogen (secondary N) is 1. The van der Waals surface area contributed by atoms with Crippen LogP contribution in [0.2, 0.25) is 0 Å². The summed E-state index contributed by atoms with van der Waals surface area (Å²) in [6.07, 6.45) is -0.726. The predicted molar refractivity (Wildman–Crippen MR) is 91.5 cm³/mol. The zero-order chi connectivity index (χ0) is 18.8. The molecule has 4 nitrogen and oxygen atoms in total. The van der Waals surface area contributed by atoms with Crippen LogP contribution in [0, 0.1) is 5.41 Å². The lowest BCUT2D eigenvalue weighted by Gasteiger charge is -2.44. The minimum absolute atomic E-state index is 0.110. The van der Waals surface area contributed by atoms with Gasteiger partial charge in [0.2, 0.25) is 5.91 Å². The minimum Gasteiger partial charge on any atom is -0.381 e. The lowest BCUT2D eigenvalue weighted by molar-refractivity contribution is -0.138. The van der Waals surface area contributed by atoms with Gasteiger partial charge < -0.3 is 15.8 Å². The van der Waals surface area contributed by atoms with E-state index < -0.39 is 22.6 Å². The number of hydrogen-bond acceptors (Lipinski definition) is 3. The molecule has 1 heterocycles. The molecule has 3 rings (SSSR count). The molecule has 0 bridgehead atoms. The summed E-state index contributed by atoms with van der Waals surface area (Å²) in [5.41, 5.74) is 4.82. The Morgan fingerprint density at radius 3 is 2.42 bits per heavy atom. The Kier molecular flexibility index (Phi) is 5.30. The summed E-state index contributed by atoms with van der Waals surface area (Å²) >= 11 is 0. The van der Waals surface area contributed by atoms with E-state index in [0.29, 0.717) is 38.2 Å². The Hall–Kier alpha value is -1.60. The highest BCUT2D eigenvalue weighted by molar-refractivity contribution is 5.83. The Morgan fingerprint density at radius 1 is 1.19 bits per heavy atom. The Balaban J connectivity index is 1.74. The van der Waals surface area contributed by atoms with Gasteiger partial charge in [0.15, 0.2) is 0 Å². The van der Waals surface area contributed by atoms with E-state index in [9.17, 15) is 18.0 Å². The molecule has 7 heteroatoms. The minimum atomic E-state index is -4.37. The molecule has 0 atom stereocenters. The monoisotopic (exact) mass is 370 g/mol. The van der Waals surface area contributed by atoms with Gasteiger partial charge in [0.05, 0.1) is 11.0 Å². The Bertz CT molecular complexity index is 650. The van der Waals surface area contributed by atoms with Gasteiger partial charge in [-0.25, -0.2) is 0 Å². The fraction of sp³-hybridized carbons (Fsp3) is 0.632. The number of amides is 1. The van der Waals surface area contributed by atoms with Crippen LogP contribution in [0.4, 0.5) is 13.2 Å². The Morgan fingerprint density at radius 2 is 1.88 bits per heavy atom. The molecule has 1 aromatic carbocycles. The predicted octanol–water partition coefficient (Wildman–Crippen LogP) is 3.00. The van der Waals surface area contributed by atoms with E-state index in [1.165, 1.54) is 12.1 Å². The molecule has 1 saturated heterocycles. The standard InChI is InChI=1S/C19H25F3N2O2/c20-19(21,22)15-4-1-3-14(11-15)18(5-2-6-18)13-24-16(25)17(12-23)7-9-26-10-8-17/h1,3-4,11H,2,5-10,12-13,23H2,(H,24,25). The van der Waals surface area contributed by atoms with Crippen molar-refractivity contribution in [1.82, 2.24) is 5.32 Å². The van der Waals surface area contributed by atoms with Crippen LogP contribution >= 0.6 is 0 Å². The summed E-state index contributed by atoms with van der Waals surface area (Å²) in [7, 11) is 0. The summed E-state index contributed by atoms with van der Waals surface area (Å²) in [4.78, 5) is 12.8. The van der Waals surface area contributed by atoms with Crippen LogP contribution in [0.25, 0.3) is 0 Å². The average molecular weight is 370 g/mol. The van der Waals surface area contributed by atoms with Crippen molar-refractivity contribution in [2.45, 2.75) is 43.7 Å². The molecule has 144 valence electrons. The van der Waals surface area contributed by atoms with Crippen molar-refractivity contribution in [3.63, 3.8) is 0 Å². The molecule has 3 N–H and O–H groups in total. The molecule has 0 radical (unpaired) electrons. The van der Waals surface area contributed by atoms with Crippen LogP contribution in [-0.2, 0) is 21.1 Å². The number of halogens is 3. The fourth-order valence-electron chi connectivity index (χ4n) is 3.92. The van der Waals surface area contributed by atoms with Crippen molar-refractivity contribution in [2.24, 2.45) is 11.1 Å². The second-order valence-electron chi connectivity index (χ2n) is 7.49. The lowest BCUT2D eigenvalue weighted by Crippen LogP contribution is -2.53. The third-order valence-corrected chi connectivity index (χ3v) is 6.02. The highest BCUT2D eigenvalue weighted by Crippen LogP contribution is 2.45. The topological polar surface area (TPSA) is 64.4 Å². The molecular formula is C19H25F3N2O2. The maximum atomic E-state index is 13.0. The third kappa shape index (κ3) is 3.60. The number of carbonyl (C=O) groups excluding carboxylic acids is 1. The quantitative estimate of drug-likeness (QED) is 0.838. The fourth-order valence-corrected chi connectivity index (χ4v) is 3.92. The first-order valence-electron chi connectivity index (χ1n) is 9.05. The summed E-state index contributed by atoms with van der Waals surface area (Å²) in [6, 6.07) is 5.48.